The van der Waals surface area contributed by atoms with E-state index in [0.29, 0.717) is 0 Å². The molecule has 4 nitrogen and oxygen atoms in total. The number of hydrogen-bond acceptors (Lipinski definition) is 4. The molecule has 0 aliphatic carbocycles. The summed E-state index contributed by atoms with van der Waals surface area (Å²) in [5.74, 6) is 0. The lowest BCUT2D eigenvalue weighted by Crippen LogP contribution is -2.19. The average Bonchev–Trinajstić information content (AvgIpc) is 2.97. The molecule has 0 aliphatic heterocycles. The summed E-state index contributed by atoms with van der Waals surface area (Å²) in [4.78, 5) is 7.82. The molecule has 0 saturated heterocycles. The number of thioether (sulfide) groups is 1. The van der Waals surface area contributed by atoms with Crippen LogP contribution < -0.4 is 0 Å². The van der Waals surface area contributed by atoms with E-state index >= 15 is 0 Å². The summed E-state index contributed by atoms with van der Waals surface area (Å²) in [7, 11) is 2.13. The Morgan fingerprint density at radius 1 is 1.14 bits per heavy atom. The molecule has 2 heterocycles. The van der Waals surface area contributed by atoms with Gasteiger partial charge in [-0.2, -0.15) is 5.10 Å². The Kier molecular flexibility index (Phi) is 4.22. The Morgan fingerprint density at radius 3 is 2.86 bits per heavy atom. The van der Waals surface area contributed by atoms with Gasteiger partial charge in [-0.05, 0) is 43.1 Å². The van der Waals surface area contributed by atoms with E-state index in [-0.39, 0.29) is 0 Å². The fourth-order valence-electron chi connectivity index (χ4n) is 2.44. The molecule has 2 aromatic heterocycles. The maximum Gasteiger partial charge on any atom is 0.155 e. The van der Waals surface area contributed by atoms with Crippen molar-refractivity contribution in [2.24, 2.45) is 0 Å². The first-order valence-corrected chi connectivity index (χ1v) is 8.08. The summed E-state index contributed by atoms with van der Waals surface area (Å²) in [5.41, 5.74) is 3.37. The van der Waals surface area contributed by atoms with Crippen LogP contribution >= 0.6 is 11.8 Å². The second kappa shape index (κ2) is 6.28. The van der Waals surface area contributed by atoms with E-state index < -0.39 is 0 Å². The Morgan fingerprint density at radius 2 is 2.00 bits per heavy atom. The number of fused-ring (bicyclic) bond motifs is 1. The molecular formula is C16H18N4S. The molecule has 5 heteroatoms. The number of pyridine rings is 1. The number of nitrogens with zero attached hydrogens (tertiary/aromatic N) is 4. The van der Waals surface area contributed by atoms with Crippen LogP contribution in [0.2, 0.25) is 0 Å². The number of benzene rings is 1. The molecule has 0 amide bonds. The molecule has 0 aliphatic rings. The van der Waals surface area contributed by atoms with Gasteiger partial charge in [0, 0.05) is 18.0 Å². The number of hydrogen-bond donors (Lipinski definition) is 0. The van der Waals surface area contributed by atoms with Crippen LogP contribution in [0.25, 0.3) is 5.65 Å². The molecule has 0 saturated carbocycles. The Hall–Kier alpha value is -1.85. The minimum atomic E-state index is 0.837. The van der Waals surface area contributed by atoms with Crippen molar-refractivity contribution in [2.75, 3.05) is 13.3 Å². The van der Waals surface area contributed by atoms with Crippen molar-refractivity contribution in [2.45, 2.75) is 18.0 Å². The topological polar surface area (TPSA) is 33.4 Å². The first kappa shape index (κ1) is 14.1. The predicted molar refractivity (Wildman–Crippen MR) is 86.4 cm³/mol. The summed E-state index contributed by atoms with van der Waals surface area (Å²) < 4.78 is 1.90. The third-order valence-electron chi connectivity index (χ3n) is 3.40. The van der Waals surface area contributed by atoms with Gasteiger partial charge in [0.25, 0.3) is 0 Å². The molecule has 0 unspecified atom stereocenters. The van der Waals surface area contributed by atoms with Crippen LogP contribution in [-0.4, -0.2) is 32.8 Å². The van der Waals surface area contributed by atoms with E-state index in [2.05, 4.69) is 58.6 Å². The van der Waals surface area contributed by atoms with Crippen LogP contribution in [0.15, 0.2) is 53.7 Å². The smallest absolute Gasteiger partial charge is 0.155 e. The second-order valence-electron chi connectivity index (χ2n) is 5.07. The van der Waals surface area contributed by atoms with Crippen molar-refractivity contribution >= 4 is 17.4 Å². The summed E-state index contributed by atoms with van der Waals surface area (Å²) in [6.07, 6.45) is 3.70. The summed E-state index contributed by atoms with van der Waals surface area (Å²) in [6.45, 7) is 1.75. The minimum absolute atomic E-state index is 0.837. The lowest BCUT2D eigenvalue weighted by molar-refractivity contribution is 0.312. The van der Waals surface area contributed by atoms with Crippen molar-refractivity contribution in [3.63, 3.8) is 0 Å². The highest BCUT2D eigenvalue weighted by Gasteiger charge is 2.06. The molecule has 0 fully saturated rings. The zero-order chi connectivity index (χ0) is 14.7. The highest BCUT2D eigenvalue weighted by atomic mass is 32.2. The average molecular weight is 298 g/mol. The Balaban J connectivity index is 1.74. The van der Waals surface area contributed by atoms with Crippen LogP contribution in [0.4, 0.5) is 0 Å². The van der Waals surface area contributed by atoms with Crippen molar-refractivity contribution < 1.29 is 0 Å². The van der Waals surface area contributed by atoms with Crippen LogP contribution in [0.3, 0.4) is 0 Å². The maximum atomic E-state index is 4.28. The van der Waals surface area contributed by atoms with Crippen molar-refractivity contribution in [1.29, 1.82) is 0 Å². The third-order valence-corrected chi connectivity index (χ3v) is 4.12. The molecule has 108 valence electrons. The molecule has 0 N–H and O–H groups in total. The summed E-state index contributed by atoms with van der Waals surface area (Å²) >= 11 is 1.78. The highest BCUT2D eigenvalue weighted by Crippen LogP contribution is 2.17. The lowest BCUT2D eigenvalue weighted by atomic mass is 10.2. The van der Waals surface area contributed by atoms with Crippen LogP contribution in [0.5, 0.6) is 0 Å². The quantitative estimate of drug-likeness (QED) is 0.678. The molecule has 3 rings (SSSR count). The monoisotopic (exact) mass is 298 g/mol. The van der Waals surface area contributed by atoms with Gasteiger partial charge in [0.05, 0.1) is 5.69 Å². The van der Waals surface area contributed by atoms with Gasteiger partial charge in [0.1, 0.15) is 6.33 Å². The molecule has 21 heavy (non-hydrogen) atoms. The number of rotatable bonds is 5. The summed E-state index contributed by atoms with van der Waals surface area (Å²) in [5, 5.41) is 4.28. The normalized spacial score (nSPS) is 11.4. The molecule has 0 bridgehead atoms. The Labute approximate surface area is 128 Å². The molecule has 0 radical (unpaired) electrons. The SMILES string of the molecule is CSc1cccc(CN(C)Cc2cccc3ncnn23)c1. The lowest BCUT2D eigenvalue weighted by Gasteiger charge is -2.17. The van der Waals surface area contributed by atoms with Gasteiger partial charge in [-0.15, -0.1) is 11.8 Å². The van der Waals surface area contributed by atoms with Gasteiger partial charge in [0.2, 0.25) is 0 Å². The zero-order valence-corrected chi connectivity index (χ0v) is 13.0. The van der Waals surface area contributed by atoms with E-state index in [0.717, 1.165) is 24.4 Å². The molecule has 1 aromatic carbocycles. The van der Waals surface area contributed by atoms with Gasteiger partial charge in [-0.1, -0.05) is 18.2 Å². The maximum absolute atomic E-state index is 4.28. The van der Waals surface area contributed by atoms with E-state index in [4.69, 9.17) is 0 Å². The van der Waals surface area contributed by atoms with Crippen LogP contribution in [0, 0.1) is 0 Å². The first-order chi connectivity index (χ1) is 10.3. The molecule has 0 spiro atoms. The van der Waals surface area contributed by atoms with Gasteiger partial charge in [-0.25, -0.2) is 9.50 Å². The van der Waals surface area contributed by atoms with Crippen molar-refractivity contribution in [3.05, 3.63) is 60.0 Å². The third kappa shape index (κ3) is 3.25. The van der Waals surface area contributed by atoms with E-state index in [1.807, 2.05) is 16.6 Å². The van der Waals surface area contributed by atoms with Crippen LogP contribution in [-0.2, 0) is 13.1 Å². The predicted octanol–water partition coefficient (Wildman–Crippen LogP) is 3.08. The number of aromatic nitrogens is 3. The zero-order valence-electron chi connectivity index (χ0n) is 12.2. The van der Waals surface area contributed by atoms with Gasteiger partial charge >= 0.3 is 0 Å². The fourth-order valence-corrected chi connectivity index (χ4v) is 2.92. The van der Waals surface area contributed by atoms with Gasteiger partial charge in [0.15, 0.2) is 5.65 Å². The van der Waals surface area contributed by atoms with Crippen molar-refractivity contribution in [3.8, 4) is 0 Å². The highest BCUT2D eigenvalue weighted by molar-refractivity contribution is 7.98. The molecule has 0 atom stereocenters. The van der Waals surface area contributed by atoms with Crippen molar-refractivity contribution in [1.82, 2.24) is 19.5 Å². The fraction of sp³-hybridized carbons (Fsp3) is 0.250. The van der Waals surface area contributed by atoms with E-state index in [1.54, 1.807) is 18.1 Å². The molecule has 3 aromatic rings. The van der Waals surface area contributed by atoms with Gasteiger partial charge in [-0.3, -0.25) is 4.90 Å². The standard InChI is InChI=1S/C16H18N4S/c1-19(10-13-5-3-7-15(9-13)21-2)11-14-6-4-8-16-17-12-18-20(14)16/h3-9,12H,10-11H2,1-2H3. The van der Waals surface area contributed by atoms with Gasteiger partial charge < -0.3 is 0 Å². The Bertz CT molecular complexity index is 738. The second-order valence-corrected chi connectivity index (χ2v) is 5.95. The minimum Gasteiger partial charge on any atom is -0.296 e. The first-order valence-electron chi connectivity index (χ1n) is 6.85. The molecular weight excluding hydrogens is 280 g/mol. The van der Waals surface area contributed by atoms with E-state index in [1.165, 1.54) is 10.5 Å². The van der Waals surface area contributed by atoms with E-state index in [9.17, 15) is 0 Å². The van der Waals surface area contributed by atoms with Crippen LogP contribution in [0.1, 0.15) is 11.3 Å². The largest absolute Gasteiger partial charge is 0.296 e. The summed E-state index contributed by atoms with van der Waals surface area (Å²) in [6, 6.07) is 14.8.